The maximum atomic E-state index is 12.2. The molecule has 0 saturated carbocycles. The third-order valence-electron chi connectivity index (χ3n) is 3.21. The fraction of sp³-hybridized carbons (Fsp3) is 0.111. The van der Waals surface area contributed by atoms with E-state index in [2.05, 4.69) is 5.32 Å². The number of carbonyl (C=O) groups excluding carboxylic acids is 1. The molecule has 0 fully saturated rings. The molecule has 2 rings (SSSR count). The highest BCUT2D eigenvalue weighted by Gasteiger charge is 2.11. The van der Waals surface area contributed by atoms with Crippen molar-refractivity contribution >= 4 is 35.0 Å². The Bertz CT molecular complexity index is 774. The molecule has 0 bridgehead atoms. The monoisotopic (exact) mass is 325 g/mol. The molecule has 2 aromatic rings. The Hall–Kier alpha value is -2.77. The molecule has 5 heteroatoms. The number of rotatable bonds is 4. The first-order valence-electron chi connectivity index (χ1n) is 6.96. The summed E-state index contributed by atoms with van der Waals surface area (Å²) in [7, 11) is 3.89. The zero-order chi connectivity index (χ0) is 16.8. The summed E-state index contributed by atoms with van der Waals surface area (Å²) < 4.78 is 0. The third-order valence-corrected chi connectivity index (χ3v) is 3.54. The average molecular weight is 326 g/mol. The maximum absolute atomic E-state index is 12.2. The minimum Gasteiger partial charge on any atom is -0.378 e. The average Bonchev–Trinajstić information content (AvgIpc) is 2.55. The number of hydrogen-bond acceptors (Lipinski definition) is 3. The number of carbonyl (C=O) groups is 1. The number of amides is 1. The lowest BCUT2D eigenvalue weighted by atomic mass is 10.1. The number of nitrogens with zero attached hydrogens (tertiary/aromatic N) is 2. The quantitative estimate of drug-likeness (QED) is 0.684. The van der Waals surface area contributed by atoms with Crippen molar-refractivity contribution in [1.29, 1.82) is 5.26 Å². The van der Waals surface area contributed by atoms with Crippen LogP contribution in [-0.4, -0.2) is 20.0 Å². The molecule has 4 nitrogen and oxygen atoms in total. The highest BCUT2D eigenvalue weighted by molar-refractivity contribution is 6.34. The van der Waals surface area contributed by atoms with Gasteiger partial charge in [0, 0.05) is 19.8 Å². The van der Waals surface area contributed by atoms with Gasteiger partial charge in [-0.15, -0.1) is 0 Å². The molecule has 0 unspecified atom stereocenters. The van der Waals surface area contributed by atoms with E-state index in [1.807, 2.05) is 49.3 Å². The van der Waals surface area contributed by atoms with E-state index in [1.54, 1.807) is 30.3 Å². The van der Waals surface area contributed by atoms with Gasteiger partial charge < -0.3 is 10.2 Å². The fourth-order valence-electron chi connectivity index (χ4n) is 1.94. The number of nitrogens with one attached hydrogen (secondary N) is 1. The first-order chi connectivity index (χ1) is 11.0. The number of para-hydroxylation sites is 1. The molecule has 0 spiro atoms. The van der Waals surface area contributed by atoms with Crippen LogP contribution in [0, 0.1) is 11.3 Å². The molecule has 1 N–H and O–H groups in total. The number of nitriles is 1. The van der Waals surface area contributed by atoms with E-state index in [0.717, 1.165) is 11.3 Å². The van der Waals surface area contributed by atoms with Crippen LogP contribution in [0.25, 0.3) is 6.08 Å². The van der Waals surface area contributed by atoms with Gasteiger partial charge in [-0.05, 0) is 35.9 Å². The van der Waals surface area contributed by atoms with Crippen molar-refractivity contribution in [2.45, 2.75) is 0 Å². The van der Waals surface area contributed by atoms with Crippen LogP contribution in [-0.2, 0) is 4.79 Å². The minimum absolute atomic E-state index is 0.0162. The highest BCUT2D eigenvalue weighted by atomic mass is 35.5. The molecule has 0 saturated heterocycles. The normalized spacial score (nSPS) is 10.8. The van der Waals surface area contributed by atoms with Gasteiger partial charge in [0.15, 0.2) is 0 Å². The third kappa shape index (κ3) is 4.35. The second kappa shape index (κ2) is 7.48. The molecule has 0 aromatic heterocycles. The highest BCUT2D eigenvalue weighted by Crippen LogP contribution is 2.21. The zero-order valence-electron chi connectivity index (χ0n) is 12.9. The summed E-state index contributed by atoms with van der Waals surface area (Å²) in [5, 5.41) is 12.3. The lowest BCUT2D eigenvalue weighted by Gasteiger charge is -2.12. The van der Waals surface area contributed by atoms with Crippen LogP contribution >= 0.6 is 11.6 Å². The second-order valence-corrected chi connectivity index (χ2v) is 5.50. The Kier molecular flexibility index (Phi) is 5.40. The van der Waals surface area contributed by atoms with Gasteiger partial charge in [0.2, 0.25) is 0 Å². The maximum Gasteiger partial charge on any atom is 0.266 e. The van der Waals surface area contributed by atoms with Crippen molar-refractivity contribution in [3.05, 3.63) is 64.7 Å². The van der Waals surface area contributed by atoms with E-state index in [9.17, 15) is 10.1 Å². The van der Waals surface area contributed by atoms with Crippen molar-refractivity contribution in [2.24, 2.45) is 0 Å². The van der Waals surface area contributed by atoms with Gasteiger partial charge in [-0.25, -0.2) is 0 Å². The summed E-state index contributed by atoms with van der Waals surface area (Å²) in [5.41, 5.74) is 2.31. The van der Waals surface area contributed by atoms with Crippen LogP contribution in [0.3, 0.4) is 0 Å². The van der Waals surface area contributed by atoms with E-state index >= 15 is 0 Å². The first-order valence-corrected chi connectivity index (χ1v) is 7.34. The second-order valence-electron chi connectivity index (χ2n) is 5.09. The van der Waals surface area contributed by atoms with E-state index in [4.69, 9.17) is 11.6 Å². The molecule has 0 atom stereocenters. The molecular formula is C18H16ClN3O. The van der Waals surface area contributed by atoms with Gasteiger partial charge in [-0.3, -0.25) is 4.79 Å². The van der Waals surface area contributed by atoms with Crippen LogP contribution in [0.15, 0.2) is 54.1 Å². The van der Waals surface area contributed by atoms with Gasteiger partial charge in [0.05, 0.1) is 10.7 Å². The van der Waals surface area contributed by atoms with Crippen LogP contribution in [0.1, 0.15) is 5.56 Å². The Labute approximate surface area is 140 Å². The number of hydrogen-bond donors (Lipinski definition) is 1. The van der Waals surface area contributed by atoms with Gasteiger partial charge in [0.25, 0.3) is 5.91 Å². The molecule has 0 aliphatic heterocycles. The summed E-state index contributed by atoms with van der Waals surface area (Å²) in [6.45, 7) is 0. The van der Waals surface area contributed by atoms with E-state index < -0.39 is 5.91 Å². The van der Waals surface area contributed by atoms with Gasteiger partial charge >= 0.3 is 0 Å². The largest absolute Gasteiger partial charge is 0.378 e. The Balaban J connectivity index is 2.20. The number of benzene rings is 2. The van der Waals surface area contributed by atoms with Crippen molar-refractivity contribution in [2.75, 3.05) is 24.3 Å². The summed E-state index contributed by atoms with van der Waals surface area (Å²) in [5.74, 6) is -0.489. The summed E-state index contributed by atoms with van der Waals surface area (Å²) in [6.07, 6.45) is 1.55. The van der Waals surface area contributed by atoms with Crippen molar-refractivity contribution < 1.29 is 4.79 Å². The molecule has 0 heterocycles. The van der Waals surface area contributed by atoms with Gasteiger partial charge in [-0.2, -0.15) is 5.26 Å². The summed E-state index contributed by atoms with van der Waals surface area (Å²) in [6, 6.07) is 16.4. The zero-order valence-corrected chi connectivity index (χ0v) is 13.6. The van der Waals surface area contributed by atoms with Crippen LogP contribution in [0.4, 0.5) is 11.4 Å². The van der Waals surface area contributed by atoms with Gasteiger partial charge in [0.1, 0.15) is 11.6 Å². The van der Waals surface area contributed by atoms with Gasteiger partial charge in [-0.1, -0.05) is 35.9 Å². The summed E-state index contributed by atoms with van der Waals surface area (Å²) in [4.78, 5) is 14.2. The van der Waals surface area contributed by atoms with Crippen molar-refractivity contribution in [1.82, 2.24) is 0 Å². The predicted octanol–water partition coefficient (Wildman–Crippen LogP) is 3.95. The van der Waals surface area contributed by atoms with E-state index in [-0.39, 0.29) is 5.57 Å². The Morgan fingerprint density at radius 2 is 1.83 bits per heavy atom. The molecule has 0 aliphatic carbocycles. The van der Waals surface area contributed by atoms with E-state index in [1.165, 1.54) is 0 Å². The molecule has 1 amide bonds. The predicted molar refractivity (Wildman–Crippen MR) is 94.4 cm³/mol. The topological polar surface area (TPSA) is 56.1 Å². The molecule has 116 valence electrons. The van der Waals surface area contributed by atoms with Crippen molar-refractivity contribution in [3.63, 3.8) is 0 Å². The lowest BCUT2D eigenvalue weighted by molar-refractivity contribution is -0.112. The molecule has 23 heavy (non-hydrogen) atoms. The Morgan fingerprint density at radius 3 is 2.39 bits per heavy atom. The van der Waals surface area contributed by atoms with Crippen LogP contribution in [0.5, 0.6) is 0 Å². The van der Waals surface area contributed by atoms with Crippen molar-refractivity contribution in [3.8, 4) is 6.07 Å². The standard InChI is InChI=1S/C18H16ClN3O/c1-22(2)15-9-7-13(8-10-15)11-14(12-20)18(23)21-17-6-4-3-5-16(17)19/h3-11H,1-2H3,(H,21,23)/b14-11+. The smallest absolute Gasteiger partial charge is 0.266 e. The summed E-state index contributed by atoms with van der Waals surface area (Å²) >= 11 is 6.00. The fourth-order valence-corrected chi connectivity index (χ4v) is 2.12. The SMILES string of the molecule is CN(C)c1ccc(/C=C(\C#N)C(=O)Nc2ccccc2Cl)cc1. The molecular weight excluding hydrogens is 310 g/mol. The van der Waals surface area contributed by atoms with Crippen LogP contribution < -0.4 is 10.2 Å². The molecule has 0 aliphatic rings. The lowest BCUT2D eigenvalue weighted by Crippen LogP contribution is -2.13. The number of anilines is 2. The molecule has 2 aromatic carbocycles. The minimum atomic E-state index is -0.489. The van der Waals surface area contributed by atoms with Crippen LogP contribution in [0.2, 0.25) is 5.02 Å². The molecule has 0 radical (unpaired) electrons. The first kappa shape index (κ1) is 16.6. The number of halogens is 1. The van der Waals surface area contributed by atoms with E-state index in [0.29, 0.717) is 10.7 Å². The Morgan fingerprint density at radius 1 is 1.17 bits per heavy atom.